The van der Waals surface area contributed by atoms with E-state index < -0.39 is 21.0 Å². The largest absolute Gasteiger partial charge is 0.0622 e. The van der Waals surface area contributed by atoms with E-state index in [2.05, 4.69) is 201 Å². The maximum atomic E-state index is 2.59. The molecule has 5 aromatic rings. The summed E-state index contributed by atoms with van der Waals surface area (Å²) in [5.41, 5.74) is 13.6. The van der Waals surface area contributed by atoms with Crippen LogP contribution in [0.2, 0.25) is 0 Å². The van der Waals surface area contributed by atoms with Gasteiger partial charge in [-0.1, -0.05) is 60.7 Å². The van der Waals surface area contributed by atoms with Crippen molar-refractivity contribution in [3.63, 3.8) is 0 Å². The SMILES string of the molecule is CC(C)/[C](c1ccccc1)=[Hf](\[C]1=CC=CC1)[CH]1c2cc(C(C)(C)C)ccc2-c2ccc(C(C)(C)C)cc21.c1ccc(CCc2ccccc2)cc1. The van der Waals surface area contributed by atoms with Gasteiger partial charge in [-0.05, 0) is 24.0 Å². The zero-order valence-corrected chi connectivity index (χ0v) is 35.7. The fraction of sp³-hybridized carbons (Fsp3) is 0.300. The zero-order chi connectivity index (χ0) is 36.2. The van der Waals surface area contributed by atoms with Crippen LogP contribution in [0.15, 0.2) is 149 Å². The fourth-order valence-electron chi connectivity index (χ4n) is 7.66. The first-order chi connectivity index (χ1) is 24.4. The standard InChI is InChI=1S/C21H25.C14H14.C10H12.C5H5.Hf/c1-20(2,3)16-7-9-18-14(12-16)11-15-13-17(21(4,5)6)8-10-19(15)18;1-3-7-13(8-4-1)11-12-14-9-5-2-6-10-14;1-9(2)8-10-6-4-3-5-7-10;1-2-4-5-3-1;/h7-13H,1-6H3;1-10H,11-12H2;3-7,9H,1-2H3;1-3H,4H2;. The van der Waals surface area contributed by atoms with Gasteiger partial charge < -0.3 is 0 Å². The summed E-state index contributed by atoms with van der Waals surface area (Å²) in [6.07, 6.45) is 10.6. The summed E-state index contributed by atoms with van der Waals surface area (Å²) in [6.45, 7) is 19.0. The first-order valence-corrected chi connectivity index (χ1v) is 24.6. The summed E-state index contributed by atoms with van der Waals surface area (Å²) >= 11 is -2.70. The monoisotopic (exact) mass is 836 g/mol. The van der Waals surface area contributed by atoms with Gasteiger partial charge in [0.1, 0.15) is 0 Å². The van der Waals surface area contributed by atoms with Crippen LogP contribution in [0, 0.1) is 5.92 Å². The second-order valence-corrected chi connectivity index (χ2v) is 26.0. The van der Waals surface area contributed by atoms with Crippen LogP contribution in [-0.4, -0.2) is 3.26 Å². The van der Waals surface area contributed by atoms with E-state index >= 15 is 0 Å². The third kappa shape index (κ3) is 8.69. The van der Waals surface area contributed by atoms with Crippen molar-refractivity contribution in [1.29, 1.82) is 0 Å². The third-order valence-corrected chi connectivity index (χ3v) is 23.8. The van der Waals surface area contributed by atoms with Gasteiger partial charge in [-0.15, -0.1) is 0 Å². The number of hydrogen-bond acceptors (Lipinski definition) is 0. The molecule has 2 aliphatic rings. The van der Waals surface area contributed by atoms with Gasteiger partial charge in [-0.2, -0.15) is 0 Å². The van der Waals surface area contributed by atoms with Crippen molar-refractivity contribution in [3.8, 4) is 11.1 Å². The molecule has 0 unspecified atom stereocenters. The second-order valence-electron chi connectivity index (χ2n) is 16.7. The number of fused-ring (bicyclic) bond motifs is 3. The maximum Gasteiger partial charge on any atom is -0.0238 e. The molecule has 51 heavy (non-hydrogen) atoms. The average Bonchev–Trinajstić information content (AvgIpc) is 3.77. The minimum atomic E-state index is -2.70. The molecule has 0 saturated heterocycles. The van der Waals surface area contributed by atoms with E-state index in [4.69, 9.17) is 0 Å². The Morgan fingerprint density at radius 2 is 1.06 bits per heavy atom. The first kappa shape index (κ1) is 37.1. The Labute approximate surface area is 316 Å². The molecule has 0 amide bonds. The second kappa shape index (κ2) is 15.9. The van der Waals surface area contributed by atoms with Crippen LogP contribution in [0.1, 0.15) is 104 Å². The van der Waals surface area contributed by atoms with Crippen LogP contribution in [0.4, 0.5) is 0 Å². The van der Waals surface area contributed by atoms with Gasteiger partial charge in [0.05, 0.1) is 0 Å². The van der Waals surface area contributed by atoms with Gasteiger partial charge in [-0.3, -0.25) is 0 Å². The molecule has 1 heteroatoms. The summed E-state index contributed by atoms with van der Waals surface area (Å²) in [6, 6.07) is 47.4. The van der Waals surface area contributed by atoms with Crippen molar-refractivity contribution >= 4 is 3.26 Å². The molecule has 0 N–H and O–H groups in total. The van der Waals surface area contributed by atoms with Gasteiger partial charge in [0.15, 0.2) is 0 Å². The molecule has 0 nitrogen and oxygen atoms in total. The molecule has 0 aliphatic heterocycles. The van der Waals surface area contributed by atoms with Crippen molar-refractivity contribution in [2.24, 2.45) is 5.92 Å². The molecule has 7 rings (SSSR count). The summed E-state index contributed by atoms with van der Waals surface area (Å²) < 4.78 is 4.04. The quantitative estimate of drug-likeness (QED) is 0.143. The smallest absolute Gasteiger partial charge is 0.0238 e. The molecular weight excluding hydrogens is 779 g/mol. The Morgan fingerprint density at radius 1 is 0.608 bits per heavy atom. The van der Waals surface area contributed by atoms with E-state index in [1.807, 2.05) is 0 Å². The Morgan fingerprint density at radius 3 is 1.45 bits per heavy atom. The number of allylic oxidation sites excluding steroid dienone is 4. The number of benzene rings is 5. The van der Waals surface area contributed by atoms with E-state index in [-0.39, 0.29) is 10.8 Å². The average molecular weight is 835 g/mol. The molecule has 2 aliphatic carbocycles. The summed E-state index contributed by atoms with van der Waals surface area (Å²) in [4.78, 5) is 0. The Hall–Kier alpha value is -3.68. The molecule has 5 aromatic carbocycles. The Bertz CT molecular complexity index is 1930. The molecular formula is C50H56Hf. The van der Waals surface area contributed by atoms with Crippen LogP contribution in [0.3, 0.4) is 0 Å². The minimum absolute atomic E-state index is 0.133. The maximum absolute atomic E-state index is 2.70. The molecule has 0 saturated carbocycles. The van der Waals surface area contributed by atoms with Crippen LogP contribution in [0.25, 0.3) is 11.1 Å². The van der Waals surface area contributed by atoms with Gasteiger partial charge >= 0.3 is 234 Å². The van der Waals surface area contributed by atoms with Crippen LogP contribution in [-0.2, 0) is 44.6 Å². The van der Waals surface area contributed by atoms with E-state index in [1.54, 1.807) is 17.7 Å². The van der Waals surface area contributed by atoms with Gasteiger partial charge in [0, 0.05) is 0 Å². The van der Waals surface area contributed by atoms with E-state index in [9.17, 15) is 0 Å². The molecule has 0 fully saturated rings. The predicted octanol–water partition coefficient (Wildman–Crippen LogP) is 13.2. The molecule has 260 valence electrons. The van der Waals surface area contributed by atoms with Gasteiger partial charge in [0.25, 0.3) is 0 Å². The molecule has 0 radical (unpaired) electrons. The number of rotatable bonds is 7. The molecule has 0 spiro atoms. The van der Waals surface area contributed by atoms with Crippen LogP contribution < -0.4 is 0 Å². The van der Waals surface area contributed by atoms with E-state index in [0.29, 0.717) is 9.59 Å². The van der Waals surface area contributed by atoms with Gasteiger partial charge in [0.2, 0.25) is 0 Å². The zero-order valence-electron chi connectivity index (χ0n) is 32.1. The fourth-order valence-corrected chi connectivity index (χ4v) is 21.5. The molecule has 0 bridgehead atoms. The van der Waals surface area contributed by atoms with E-state index in [1.165, 1.54) is 38.9 Å². The number of aryl methyl sites for hydroxylation is 2. The van der Waals surface area contributed by atoms with Crippen LogP contribution >= 0.6 is 0 Å². The minimum Gasteiger partial charge on any atom is -0.0622 e. The molecule has 0 atom stereocenters. The number of hydrogen-bond donors (Lipinski definition) is 0. The van der Waals surface area contributed by atoms with E-state index in [0.717, 1.165) is 19.3 Å². The Kier molecular flexibility index (Phi) is 11.6. The van der Waals surface area contributed by atoms with Crippen molar-refractivity contribution in [2.45, 2.75) is 89.2 Å². The third-order valence-electron chi connectivity index (χ3n) is 10.5. The Balaban J connectivity index is 0.000000267. The van der Waals surface area contributed by atoms with Gasteiger partial charge in [-0.25, -0.2) is 0 Å². The van der Waals surface area contributed by atoms with Crippen molar-refractivity contribution in [2.75, 3.05) is 0 Å². The first-order valence-electron chi connectivity index (χ1n) is 18.9. The molecule has 0 aromatic heterocycles. The van der Waals surface area contributed by atoms with Crippen molar-refractivity contribution in [1.82, 2.24) is 0 Å². The molecule has 0 heterocycles. The summed E-state index contributed by atoms with van der Waals surface area (Å²) in [5, 5.41) is 0. The summed E-state index contributed by atoms with van der Waals surface area (Å²) in [7, 11) is 0. The van der Waals surface area contributed by atoms with Crippen molar-refractivity contribution < 1.29 is 21.0 Å². The summed E-state index contributed by atoms with van der Waals surface area (Å²) in [5.74, 6) is 0.537. The van der Waals surface area contributed by atoms with Crippen molar-refractivity contribution in [3.05, 3.63) is 188 Å². The topological polar surface area (TPSA) is 0 Å². The normalized spacial score (nSPS) is 14.4. The van der Waals surface area contributed by atoms with Crippen LogP contribution in [0.5, 0.6) is 0 Å². The predicted molar refractivity (Wildman–Crippen MR) is 219 cm³/mol.